The average molecular weight is 277 g/mol. The Bertz CT molecular complexity index is 449. The maximum absolute atomic E-state index is 12.0. The summed E-state index contributed by atoms with van der Waals surface area (Å²) < 4.78 is 6.00. The topological polar surface area (TPSA) is 29.5 Å². The number of hydrogen-bond donors (Lipinski definition) is 0. The lowest BCUT2D eigenvalue weighted by molar-refractivity contribution is -0.140. The minimum Gasteiger partial charge on any atom is -0.356 e. The van der Waals surface area contributed by atoms with Crippen LogP contribution in [0.5, 0.6) is 0 Å². The molecule has 19 heavy (non-hydrogen) atoms. The monoisotopic (exact) mass is 277 g/mol. The molecule has 1 aromatic rings. The maximum atomic E-state index is 12.0. The van der Waals surface area contributed by atoms with Crippen LogP contribution in [0.2, 0.25) is 0 Å². The zero-order valence-corrected chi connectivity index (χ0v) is 12.0. The molecule has 0 aromatic heterocycles. The number of hydrogen-bond acceptors (Lipinski definition) is 3. The van der Waals surface area contributed by atoms with Gasteiger partial charge >= 0.3 is 0 Å². The first-order valence-electron chi connectivity index (χ1n) is 6.35. The van der Waals surface area contributed by atoms with Gasteiger partial charge in [0.05, 0.1) is 13.2 Å². The predicted octanol–water partition coefficient (Wildman–Crippen LogP) is 2.64. The van der Waals surface area contributed by atoms with Crippen LogP contribution in [0.4, 0.5) is 0 Å². The summed E-state index contributed by atoms with van der Waals surface area (Å²) in [5, 5.41) is 0. The minimum absolute atomic E-state index is 0.118. The first-order valence-corrected chi connectivity index (χ1v) is 7.57. The molecule has 1 amide bonds. The van der Waals surface area contributed by atoms with Gasteiger partial charge in [-0.05, 0) is 11.8 Å². The second kappa shape index (κ2) is 6.26. The number of amides is 1. The first-order chi connectivity index (χ1) is 9.22. The molecule has 1 unspecified atom stereocenters. The average Bonchev–Trinajstić information content (AvgIpc) is 2.48. The lowest BCUT2D eigenvalue weighted by Crippen LogP contribution is -2.50. The number of benzene rings is 1. The normalized spacial score (nSPS) is 23.1. The molecular formula is C15H19NO2S. The molecule has 0 radical (unpaired) electrons. The molecule has 0 aliphatic carbocycles. The van der Waals surface area contributed by atoms with Gasteiger partial charge in [0, 0.05) is 13.0 Å². The zero-order valence-electron chi connectivity index (χ0n) is 11.2. The molecule has 1 atom stereocenters. The predicted molar refractivity (Wildman–Crippen MR) is 79.0 cm³/mol. The van der Waals surface area contributed by atoms with E-state index in [0.717, 1.165) is 5.56 Å². The standard InChI is InChI=1S/C15H19NO2S/c1-3-7-14(17)16-10-11-18-15(12-16,19-2)13-8-5-4-6-9-13/h3-6,8-9H,1,7,10-12H2,2H3. The van der Waals surface area contributed by atoms with Crippen molar-refractivity contribution in [2.24, 2.45) is 0 Å². The van der Waals surface area contributed by atoms with Crippen LogP contribution in [0, 0.1) is 0 Å². The SMILES string of the molecule is C=CCC(=O)N1CCOC(SC)(c2ccccc2)C1. The molecular weight excluding hydrogens is 258 g/mol. The van der Waals surface area contributed by atoms with Crippen LogP contribution in [0.25, 0.3) is 0 Å². The number of carbonyl (C=O) groups is 1. The van der Waals surface area contributed by atoms with Crippen LogP contribution >= 0.6 is 11.8 Å². The van der Waals surface area contributed by atoms with Gasteiger partial charge in [-0.2, -0.15) is 0 Å². The Morgan fingerprint density at radius 3 is 2.89 bits per heavy atom. The van der Waals surface area contributed by atoms with Gasteiger partial charge in [0.2, 0.25) is 5.91 Å². The van der Waals surface area contributed by atoms with Crippen molar-refractivity contribution in [1.82, 2.24) is 4.90 Å². The highest BCUT2D eigenvalue weighted by Crippen LogP contribution is 2.39. The molecule has 0 saturated carbocycles. The van der Waals surface area contributed by atoms with E-state index >= 15 is 0 Å². The molecule has 1 fully saturated rings. The van der Waals surface area contributed by atoms with Gasteiger partial charge in [0.25, 0.3) is 0 Å². The van der Waals surface area contributed by atoms with Crippen molar-refractivity contribution in [2.45, 2.75) is 11.4 Å². The lowest BCUT2D eigenvalue weighted by Gasteiger charge is -2.42. The molecule has 1 heterocycles. The zero-order chi connectivity index (χ0) is 13.7. The summed E-state index contributed by atoms with van der Waals surface area (Å²) in [6, 6.07) is 10.1. The second-order valence-corrected chi connectivity index (χ2v) is 5.55. The molecule has 0 spiro atoms. The summed E-state index contributed by atoms with van der Waals surface area (Å²) in [6.07, 6.45) is 4.06. The van der Waals surface area contributed by atoms with Crippen molar-refractivity contribution in [3.05, 3.63) is 48.6 Å². The lowest BCUT2D eigenvalue weighted by atomic mass is 10.1. The van der Waals surface area contributed by atoms with E-state index in [2.05, 4.69) is 18.7 Å². The molecule has 1 aliphatic rings. The Hall–Kier alpha value is -1.26. The van der Waals surface area contributed by atoms with E-state index in [4.69, 9.17) is 4.74 Å². The number of ether oxygens (including phenoxy) is 1. The highest BCUT2D eigenvalue weighted by Gasteiger charge is 2.39. The maximum Gasteiger partial charge on any atom is 0.226 e. The van der Waals surface area contributed by atoms with Crippen LogP contribution in [0.15, 0.2) is 43.0 Å². The quantitative estimate of drug-likeness (QED) is 0.792. The van der Waals surface area contributed by atoms with Crippen LogP contribution < -0.4 is 0 Å². The van der Waals surface area contributed by atoms with Crippen LogP contribution in [0.3, 0.4) is 0 Å². The summed E-state index contributed by atoms with van der Waals surface area (Å²) in [5.74, 6) is 0.118. The van der Waals surface area contributed by atoms with Gasteiger partial charge in [-0.25, -0.2) is 0 Å². The van der Waals surface area contributed by atoms with Crippen molar-refractivity contribution in [3.63, 3.8) is 0 Å². The largest absolute Gasteiger partial charge is 0.356 e. The Morgan fingerprint density at radius 2 is 2.26 bits per heavy atom. The molecule has 0 N–H and O–H groups in total. The fourth-order valence-electron chi connectivity index (χ4n) is 2.27. The fraction of sp³-hybridized carbons (Fsp3) is 0.400. The Balaban J connectivity index is 2.21. The summed E-state index contributed by atoms with van der Waals surface area (Å²) in [7, 11) is 0. The molecule has 1 aromatic carbocycles. The molecule has 102 valence electrons. The van der Waals surface area contributed by atoms with E-state index in [0.29, 0.717) is 26.1 Å². The van der Waals surface area contributed by atoms with Gasteiger partial charge in [-0.1, -0.05) is 36.4 Å². The van der Waals surface area contributed by atoms with E-state index in [-0.39, 0.29) is 5.91 Å². The van der Waals surface area contributed by atoms with E-state index < -0.39 is 4.93 Å². The van der Waals surface area contributed by atoms with Crippen LogP contribution in [-0.4, -0.2) is 36.8 Å². The number of nitrogens with zero attached hydrogens (tertiary/aromatic N) is 1. The Labute approximate surface area is 118 Å². The molecule has 2 rings (SSSR count). The summed E-state index contributed by atoms with van der Waals surface area (Å²) in [6.45, 7) is 5.44. The number of thioether (sulfide) groups is 1. The van der Waals surface area contributed by atoms with Gasteiger partial charge < -0.3 is 9.64 Å². The van der Waals surface area contributed by atoms with E-state index in [9.17, 15) is 4.79 Å². The molecule has 1 saturated heterocycles. The molecule has 4 heteroatoms. The number of morpholine rings is 1. The number of carbonyl (C=O) groups excluding carboxylic acids is 1. The van der Waals surface area contributed by atoms with Crippen molar-refractivity contribution >= 4 is 17.7 Å². The van der Waals surface area contributed by atoms with Gasteiger partial charge in [0.1, 0.15) is 0 Å². The third-order valence-electron chi connectivity index (χ3n) is 3.31. The molecule has 1 aliphatic heterocycles. The number of rotatable bonds is 4. The van der Waals surface area contributed by atoms with Crippen molar-refractivity contribution in [2.75, 3.05) is 26.0 Å². The molecule has 0 bridgehead atoms. The smallest absolute Gasteiger partial charge is 0.226 e. The summed E-state index contributed by atoms with van der Waals surface area (Å²) >= 11 is 1.64. The van der Waals surface area contributed by atoms with E-state index in [1.54, 1.807) is 17.8 Å². The Morgan fingerprint density at radius 1 is 1.53 bits per heavy atom. The summed E-state index contributed by atoms with van der Waals surface area (Å²) in [5.41, 5.74) is 1.11. The van der Waals surface area contributed by atoms with Crippen molar-refractivity contribution in [3.8, 4) is 0 Å². The van der Waals surface area contributed by atoms with Gasteiger partial charge in [-0.3, -0.25) is 4.79 Å². The van der Waals surface area contributed by atoms with Crippen molar-refractivity contribution in [1.29, 1.82) is 0 Å². The van der Waals surface area contributed by atoms with E-state index in [1.807, 2.05) is 29.4 Å². The van der Waals surface area contributed by atoms with Crippen molar-refractivity contribution < 1.29 is 9.53 Å². The summed E-state index contributed by atoms with van der Waals surface area (Å²) in [4.78, 5) is 13.4. The van der Waals surface area contributed by atoms with Crippen LogP contribution in [0.1, 0.15) is 12.0 Å². The fourth-order valence-corrected chi connectivity index (χ4v) is 3.13. The van der Waals surface area contributed by atoms with Gasteiger partial charge in [-0.15, -0.1) is 18.3 Å². The third-order valence-corrected chi connectivity index (χ3v) is 4.45. The third kappa shape index (κ3) is 3.01. The highest BCUT2D eigenvalue weighted by atomic mass is 32.2. The second-order valence-electron chi connectivity index (χ2n) is 4.48. The van der Waals surface area contributed by atoms with Crippen LogP contribution in [-0.2, 0) is 14.5 Å². The Kier molecular flexibility index (Phi) is 4.66. The first kappa shape index (κ1) is 14.2. The van der Waals surface area contributed by atoms with Gasteiger partial charge in [0.15, 0.2) is 4.93 Å². The minimum atomic E-state index is -0.448. The van der Waals surface area contributed by atoms with E-state index in [1.165, 1.54) is 0 Å². The molecule has 3 nitrogen and oxygen atoms in total. The highest BCUT2D eigenvalue weighted by molar-refractivity contribution is 7.99.